The summed E-state index contributed by atoms with van der Waals surface area (Å²) in [5.41, 5.74) is -4.21. The third-order valence-corrected chi connectivity index (χ3v) is 6.84. The van der Waals surface area contributed by atoms with Gasteiger partial charge in [0.05, 0.1) is 5.54 Å². The maximum Gasteiger partial charge on any atom is 0.253 e. The van der Waals surface area contributed by atoms with Crippen LogP contribution in [0.3, 0.4) is 0 Å². The molecule has 1 saturated heterocycles. The largest absolute Gasteiger partial charge is 0.355 e. The van der Waals surface area contributed by atoms with Crippen molar-refractivity contribution >= 4 is 35.4 Å². The molecule has 1 unspecified atom stereocenters. The molecule has 0 aliphatic carbocycles. The second-order valence-corrected chi connectivity index (χ2v) is 9.94. The number of nitrogens with one attached hydrogen (secondary N) is 2. The van der Waals surface area contributed by atoms with Gasteiger partial charge in [-0.25, -0.2) is 0 Å². The number of rotatable bonds is 9. The number of amides is 6. The van der Waals surface area contributed by atoms with Crippen LogP contribution in [0, 0.1) is 5.41 Å². The lowest BCUT2D eigenvalue weighted by Gasteiger charge is -2.39. The van der Waals surface area contributed by atoms with Crippen LogP contribution in [0.1, 0.15) is 40.5 Å². The van der Waals surface area contributed by atoms with Gasteiger partial charge in [0.15, 0.2) is 0 Å². The van der Waals surface area contributed by atoms with Crippen molar-refractivity contribution in [1.29, 1.82) is 0 Å². The summed E-state index contributed by atoms with van der Waals surface area (Å²) in [6.07, 6.45) is 4.81. The van der Waals surface area contributed by atoms with Crippen LogP contribution in [0.2, 0.25) is 0 Å². The zero-order valence-electron chi connectivity index (χ0n) is 20.3. The van der Waals surface area contributed by atoms with Crippen molar-refractivity contribution in [3.05, 3.63) is 24.3 Å². The Hall–Kier alpha value is -3.38. The molecule has 0 aromatic carbocycles. The average molecular weight is 489 g/mol. The highest BCUT2D eigenvalue weighted by Gasteiger charge is 2.69. The van der Waals surface area contributed by atoms with Gasteiger partial charge < -0.3 is 10.6 Å². The predicted octanol–water partition coefficient (Wildman–Crippen LogP) is -0.946. The molecular formula is C23H30N5O7. The Morgan fingerprint density at radius 3 is 1.63 bits per heavy atom. The molecule has 3 aliphatic rings. The molecule has 0 spiro atoms. The summed E-state index contributed by atoms with van der Waals surface area (Å²) in [6, 6.07) is 0. The Bertz CT molecular complexity index is 995. The standard InChI is InChI=1S/C23H30N5O7/c1-21(2)14-23(22(3,4)28(21)35,20(34)25-11-13-27-17(31)8-9-18(27)32)19(33)24-10-5-12-26-15(29)6-7-16(26)30/h6-9H,5,10-14H2,1-4H3,(H,24,33)(H,25,34). The lowest BCUT2D eigenvalue weighted by molar-refractivity contribution is -0.252. The molecule has 0 saturated carbocycles. The van der Waals surface area contributed by atoms with Crippen molar-refractivity contribution in [1.82, 2.24) is 25.5 Å². The molecule has 0 bridgehead atoms. The Kier molecular flexibility index (Phi) is 7.00. The molecule has 35 heavy (non-hydrogen) atoms. The van der Waals surface area contributed by atoms with E-state index in [1.165, 1.54) is 26.0 Å². The number of hydrogen-bond donors (Lipinski definition) is 2. The van der Waals surface area contributed by atoms with Gasteiger partial charge in [-0.1, -0.05) is 0 Å². The topological polar surface area (TPSA) is 156 Å². The van der Waals surface area contributed by atoms with Crippen LogP contribution in [0.5, 0.6) is 0 Å². The second kappa shape index (κ2) is 9.34. The van der Waals surface area contributed by atoms with Gasteiger partial charge >= 0.3 is 0 Å². The van der Waals surface area contributed by atoms with E-state index in [1.54, 1.807) is 13.8 Å². The quantitative estimate of drug-likeness (QED) is 0.241. The molecule has 0 aromatic rings. The summed E-state index contributed by atoms with van der Waals surface area (Å²) in [5, 5.41) is 19.2. The summed E-state index contributed by atoms with van der Waals surface area (Å²) >= 11 is 0. The monoisotopic (exact) mass is 488 g/mol. The zero-order valence-corrected chi connectivity index (χ0v) is 20.3. The second-order valence-electron chi connectivity index (χ2n) is 9.94. The molecule has 1 atom stereocenters. The molecule has 3 rings (SSSR count). The van der Waals surface area contributed by atoms with E-state index in [9.17, 15) is 34.0 Å². The fourth-order valence-corrected chi connectivity index (χ4v) is 5.01. The predicted molar refractivity (Wildman–Crippen MR) is 120 cm³/mol. The number of carbonyl (C=O) groups excluding carboxylic acids is 6. The van der Waals surface area contributed by atoms with Gasteiger partial charge in [-0.3, -0.25) is 38.6 Å². The first-order chi connectivity index (χ1) is 16.3. The number of imide groups is 2. The van der Waals surface area contributed by atoms with Crippen LogP contribution in [-0.2, 0) is 34.0 Å². The maximum absolute atomic E-state index is 13.5. The van der Waals surface area contributed by atoms with Gasteiger partial charge in [0, 0.05) is 56.0 Å². The summed E-state index contributed by atoms with van der Waals surface area (Å²) in [7, 11) is 0. The minimum Gasteiger partial charge on any atom is -0.355 e. The van der Waals surface area contributed by atoms with Crippen LogP contribution in [-0.4, -0.2) is 87.6 Å². The first kappa shape index (κ1) is 26.2. The summed E-state index contributed by atoms with van der Waals surface area (Å²) in [5.74, 6) is -3.18. The summed E-state index contributed by atoms with van der Waals surface area (Å²) in [6.45, 7) is 6.35. The lowest BCUT2D eigenvalue weighted by atomic mass is 9.69. The molecule has 12 heteroatoms. The maximum atomic E-state index is 13.5. The Morgan fingerprint density at radius 2 is 1.20 bits per heavy atom. The minimum atomic E-state index is -1.77. The highest BCUT2D eigenvalue weighted by molar-refractivity contribution is 6.13. The first-order valence-corrected chi connectivity index (χ1v) is 11.4. The highest BCUT2D eigenvalue weighted by Crippen LogP contribution is 2.52. The Labute approximate surface area is 202 Å². The molecular weight excluding hydrogens is 458 g/mol. The molecule has 1 radical (unpaired) electrons. The van der Waals surface area contributed by atoms with E-state index < -0.39 is 51.9 Å². The number of hydroxylamine groups is 2. The van der Waals surface area contributed by atoms with Crippen molar-refractivity contribution in [2.75, 3.05) is 26.2 Å². The molecule has 12 nitrogen and oxygen atoms in total. The van der Waals surface area contributed by atoms with Crippen LogP contribution in [0.25, 0.3) is 0 Å². The Morgan fingerprint density at radius 1 is 0.771 bits per heavy atom. The average Bonchev–Trinajstić information content (AvgIpc) is 3.33. The van der Waals surface area contributed by atoms with Crippen LogP contribution < -0.4 is 10.6 Å². The fourth-order valence-electron chi connectivity index (χ4n) is 5.01. The third kappa shape index (κ3) is 4.50. The van der Waals surface area contributed by atoms with E-state index in [0.717, 1.165) is 27.0 Å². The highest BCUT2D eigenvalue weighted by atomic mass is 16.5. The van der Waals surface area contributed by atoms with Gasteiger partial charge in [-0.15, -0.1) is 10.3 Å². The van der Waals surface area contributed by atoms with Crippen molar-refractivity contribution < 1.29 is 34.0 Å². The molecule has 3 aliphatic heterocycles. The van der Waals surface area contributed by atoms with E-state index in [0.29, 0.717) is 0 Å². The van der Waals surface area contributed by atoms with Gasteiger partial charge in [-0.05, 0) is 40.5 Å². The SMILES string of the molecule is CC1(C)CC(C(=O)NCCCN2C(=O)C=CC2=O)(C(=O)NCCN2C(=O)C=CC2=O)C(C)(C)N1[O]. The minimum absolute atomic E-state index is 0.0652. The number of nitrogens with zero attached hydrogens (tertiary/aromatic N) is 3. The molecule has 0 aromatic heterocycles. The molecule has 6 amide bonds. The number of hydrogen-bond acceptors (Lipinski definition) is 7. The zero-order chi connectivity index (χ0) is 26.2. The fraction of sp³-hybridized carbons (Fsp3) is 0.565. The summed E-state index contributed by atoms with van der Waals surface area (Å²) in [4.78, 5) is 75.8. The first-order valence-electron chi connectivity index (χ1n) is 11.4. The molecule has 189 valence electrons. The van der Waals surface area contributed by atoms with E-state index in [-0.39, 0.29) is 39.0 Å². The summed E-state index contributed by atoms with van der Waals surface area (Å²) < 4.78 is 0. The van der Waals surface area contributed by atoms with Crippen molar-refractivity contribution in [2.24, 2.45) is 5.41 Å². The molecule has 3 heterocycles. The van der Waals surface area contributed by atoms with Gasteiger partial charge in [0.25, 0.3) is 23.6 Å². The third-order valence-electron chi connectivity index (χ3n) is 6.84. The van der Waals surface area contributed by atoms with E-state index >= 15 is 0 Å². The molecule has 2 N–H and O–H groups in total. The molecule has 1 fully saturated rings. The van der Waals surface area contributed by atoms with E-state index in [1.807, 2.05) is 0 Å². The van der Waals surface area contributed by atoms with Gasteiger partial charge in [0.2, 0.25) is 11.8 Å². The van der Waals surface area contributed by atoms with Gasteiger partial charge in [0.1, 0.15) is 5.41 Å². The van der Waals surface area contributed by atoms with Crippen LogP contribution in [0.4, 0.5) is 0 Å². The van der Waals surface area contributed by atoms with Crippen LogP contribution in [0.15, 0.2) is 24.3 Å². The van der Waals surface area contributed by atoms with E-state index in [4.69, 9.17) is 0 Å². The Balaban J connectivity index is 1.70. The van der Waals surface area contributed by atoms with E-state index in [2.05, 4.69) is 10.6 Å². The number of carbonyl (C=O) groups is 6. The van der Waals surface area contributed by atoms with Gasteiger partial charge in [-0.2, -0.15) is 0 Å². The van der Waals surface area contributed by atoms with Crippen molar-refractivity contribution in [3.63, 3.8) is 0 Å². The van der Waals surface area contributed by atoms with Crippen molar-refractivity contribution in [2.45, 2.75) is 51.6 Å². The lowest BCUT2D eigenvalue weighted by Crippen LogP contribution is -2.63. The van der Waals surface area contributed by atoms with Crippen molar-refractivity contribution in [3.8, 4) is 0 Å². The smallest absolute Gasteiger partial charge is 0.253 e. The normalized spacial score (nSPS) is 25.2. The van der Waals surface area contributed by atoms with Crippen LogP contribution >= 0.6 is 0 Å².